The number of hydrogen-bond acceptors (Lipinski definition) is 7. The van der Waals surface area contributed by atoms with Crippen LogP contribution in [0.4, 0.5) is 8.78 Å². The van der Waals surface area contributed by atoms with Crippen molar-refractivity contribution >= 4 is 5.52 Å². The molecule has 172 valence electrons. The van der Waals surface area contributed by atoms with Crippen molar-refractivity contribution in [3.05, 3.63) is 66.4 Å². The highest BCUT2D eigenvalue weighted by Gasteiger charge is 2.23. The monoisotopic (exact) mass is 464 g/mol. The van der Waals surface area contributed by atoms with E-state index in [1.54, 1.807) is 12.1 Å². The molecule has 0 aliphatic carbocycles. The van der Waals surface area contributed by atoms with E-state index in [0.29, 0.717) is 39.8 Å². The molecule has 0 saturated carbocycles. The van der Waals surface area contributed by atoms with Gasteiger partial charge in [0.2, 0.25) is 5.75 Å². The maximum atomic E-state index is 14.2. The molecule has 8 nitrogen and oxygen atoms in total. The van der Waals surface area contributed by atoms with Gasteiger partial charge in [0.1, 0.15) is 17.5 Å². The number of hydrogen-bond donors (Lipinski definition) is 0. The van der Waals surface area contributed by atoms with Gasteiger partial charge in [-0.05, 0) is 36.4 Å². The number of nitrogens with zero attached hydrogens (tertiary/aromatic N) is 4. The fourth-order valence-electron chi connectivity index (χ4n) is 3.70. The van der Waals surface area contributed by atoms with Crippen LogP contribution in [0.5, 0.6) is 17.2 Å². The van der Waals surface area contributed by atoms with E-state index in [9.17, 15) is 8.78 Å². The molecule has 34 heavy (non-hydrogen) atoms. The molecule has 0 aliphatic heterocycles. The molecule has 0 amide bonds. The van der Waals surface area contributed by atoms with E-state index >= 15 is 0 Å². The standard InChI is InChI=1S/C24H18F2N4O4/c1-31-18-10-13(11-19(32-2)21(18)33-3)22-27-20(17-6-4-5-9-30(17)22)24-29-28-23(34-24)15-8-7-14(25)12-16(15)26/h4-12H,1-3H3. The maximum Gasteiger partial charge on any atom is 0.268 e. The van der Waals surface area contributed by atoms with E-state index < -0.39 is 11.6 Å². The summed E-state index contributed by atoms with van der Waals surface area (Å²) < 4.78 is 51.4. The first-order valence-corrected chi connectivity index (χ1v) is 10.1. The van der Waals surface area contributed by atoms with Crippen LogP contribution in [0.3, 0.4) is 0 Å². The van der Waals surface area contributed by atoms with Crippen molar-refractivity contribution in [2.75, 3.05) is 21.3 Å². The Bertz CT molecular complexity index is 1490. The second-order valence-corrected chi connectivity index (χ2v) is 7.19. The summed E-state index contributed by atoms with van der Waals surface area (Å²) in [6.07, 6.45) is 1.83. The van der Waals surface area contributed by atoms with Gasteiger partial charge in [0.05, 0.1) is 32.4 Å². The molecule has 0 aliphatic rings. The van der Waals surface area contributed by atoms with E-state index in [0.717, 1.165) is 12.1 Å². The number of aromatic nitrogens is 4. The quantitative estimate of drug-likeness (QED) is 0.349. The van der Waals surface area contributed by atoms with E-state index in [2.05, 4.69) is 10.2 Å². The molecule has 3 aromatic heterocycles. The molecule has 0 bridgehead atoms. The van der Waals surface area contributed by atoms with Crippen molar-refractivity contribution < 1.29 is 27.4 Å². The molecule has 0 spiro atoms. The fourth-order valence-corrected chi connectivity index (χ4v) is 3.70. The van der Waals surface area contributed by atoms with Gasteiger partial charge in [-0.25, -0.2) is 13.8 Å². The molecule has 0 atom stereocenters. The lowest BCUT2D eigenvalue weighted by Crippen LogP contribution is -1.97. The Labute approximate surface area is 192 Å². The zero-order valence-electron chi connectivity index (χ0n) is 18.4. The topological polar surface area (TPSA) is 83.9 Å². The molecule has 2 aromatic carbocycles. The molecule has 0 unspecified atom stereocenters. The van der Waals surface area contributed by atoms with Crippen LogP contribution in [-0.4, -0.2) is 40.9 Å². The molecule has 0 saturated heterocycles. The minimum atomic E-state index is -0.803. The second-order valence-electron chi connectivity index (χ2n) is 7.19. The Morgan fingerprint density at radius 1 is 0.853 bits per heavy atom. The lowest BCUT2D eigenvalue weighted by molar-refractivity contribution is 0.324. The zero-order chi connectivity index (χ0) is 23.8. The third-order valence-corrected chi connectivity index (χ3v) is 5.26. The molecule has 5 aromatic rings. The van der Waals surface area contributed by atoms with Crippen LogP contribution in [0.15, 0.2) is 59.1 Å². The number of methoxy groups -OCH3 is 3. The second kappa shape index (κ2) is 8.47. The predicted molar refractivity (Wildman–Crippen MR) is 119 cm³/mol. The van der Waals surface area contributed by atoms with Gasteiger partial charge in [-0.3, -0.25) is 4.40 Å². The lowest BCUT2D eigenvalue weighted by Gasteiger charge is -2.13. The van der Waals surface area contributed by atoms with Crippen LogP contribution in [0.25, 0.3) is 39.9 Å². The normalized spacial score (nSPS) is 11.1. The first-order chi connectivity index (χ1) is 16.5. The minimum Gasteiger partial charge on any atom is -0.493 e. The number of imidazole rings is 1. The van der Waals surface area contributed by atoms with Crippen molar-refractivity contribution in [3.8, 4) is 51.7 Å². The summed E-state index contributed by atoms with van der Waals surface area (Å²) in [5.74, 6) is 0.449. The minimum absolute atomic E-state index is 0.00600. The largest absolute Gasteiger partial charge is 0.493 e. The zero-order valence-corrected chi connectivity index (χ0v) is 18.4. The van der Waals surface area contributed by atoms with Gasteiger partial charge in [-0.1, -0.05) is 6.07 Å². The van der Waals surface area contributed by atoms with Gasteiger partial charge in [0.15, 0.2) is 17.2 Å². The molecule has 0 radical (unpaired) electrons. The molecular formula is C24H18F2N4O4. The van der Waals surface area contributed by atoms with Gasteiger partial charge < -0.3 is 18.6 Å². The van der Waals surface area contributed by atoms with Crippen molar-refractivity contribution in [3.63, 3.8) is 0 Å². The number of rotatable bonds is 6. The lowest BCUT2D eigenvalue weighted by atomic mass is 10.1. The van der Waals surface area contributed by atoms with Crippen molar-refractivity contribution in [1.29, 1.82) is 0 Å². The molecule has 0 N–H and O–H groups in total. The Hall–Kier alpha value is -4.47. The van der Waals surface area contributed by atoms with Crippen molar-refractivity contribution in [1.82, 2.24) is 19.6 Å². The van der Waals surface area contributed by atoms with E-state index in [1.165, 1.54) is 27.4 Å². The Kier molecular flexibility index (Phi) is 5.33. The van der Waals surface area contributed by atoms with Gasteiger partial charge in [-0.15, -0.1) is 10.2 Å². The van der Waals surface area contributed by atoms with E-state index in [1.807, 2.05) is 28.8 Å². The molecule has 3 heterocycles. The van der Waals surface area contributed by atoms with Gasteiger partial charge in [-0.2, -0.15) is 0 Å². The Morgan fingerprint density at radius 3 is 2.26 bits per heavy atom. The summed E-state index contributed by atoms with van der Waals surface area (Å²) in [6, 6.07) is 12.2. The van der Waals surface area contributed by atoms with Crippen LogP contribution in [-0.2, 0) is 0 Å². The van der Waals surface area contributed by atoms with Crippen LogP contribution < -0.4 is 14.2 Å². The van der Waals surface area contributed by atoms with E-state index in [-0.39, 0.29) is 17.3 Å². The predicted octanol–water partition coefficient (Wildman–Crippen LogP) is 5.02. The van der Waals surface area contributed by atoms with Crippen LogP contribution in [0.1, 0.15) is 0 Å². The van der Waals surface area contributed by atoms with Gasteiger partial charge in [0, 0.05) is 17.8 Å². The van der Waals surface area contributed by atoms with Gasteiger partial charge >= 0.3 is 0 Å². The summed E-state index contributed by atoms with van der Waals surface area (Å²) in [7, 11) is 4.59. The molecule has 0 fully saturated rings. The number of pyridine rings is 1. The smallest absolute Gasteiger partial charge is 0.268 e. The fraction of sp³-hybridized carbons (Fsp3) is 0.125. The highest BCUT2D eigenvalue weighted by Crippen LogP contribution is 2.42. The number of halogens is 2. The summed E-state index contributed by atoms with van der Waals surface area (Å²) in [4.78, 5) is 4.74. The Balaban J connectivity index is 1.66. The average molecular weight is 464 g/mol. The highest BCUT2D eigenvalue weighted by atomic mass is 19.1. The Morgan fingerprint density at radius 2 is 1.59 bits per heavy atom. The molecule has 5 rings (SSSR count). The average Bonchev–Trinajstić information content (AvgIpc) is 3.48. The van der Waals surface area contributed by atoms with Crippen molar-refractivity contribution in [2.24, 2.45) is 0 Å². The first kappa shape index (κ1) is 21.4. The third-order valence-electron chi connectivity index (χ3n) is 5.26. The maximum absolute atomic E-state index is 14.2. The van der Waals surface area contributed by atoms with Crippen LogP contribution in [0, 0.1) is 11.6 Å². The first-order valence-electron chi connectivity index (χ1n) is 10.1. The number of ether oxygens (including phenoxy) is 3. The van der Waals surface area contributed by atoms with Crippen molar-refractivity contribution in [2.45, 2.75) is 0 Å². The summed E-state index contributed by atoms with van der Waals surface area (Å²) in [5.41, 5.74) is 1.76. The van der Waals surface area contributed by atoms with Crippen LogP contribution >= 0.6 is 0 Å². The number of fused-ring (bicyclic) bond motifs is 1. The summed E-state index contributed by atoms with van der Waals surface area (Å²) in [5, 5.41) is 7.99. The SMILES string of the molecule is COc1cc(-c2nc(-c3nnc(-c4ccc(F)cc4F)o3)c3ccccn23)cc(OC)c1OC. The molecular weight excluding hydrogens is 446 g/mol. The van der Waals surface area contributed by atoms with Gasteiger partial charge in [0.25, 0.3) is 11.8 Å². The number of benzene rings is 2. The third kappa shape index (κ3) is 3.49. The van der Waals surface area contributed by atoms with E-state index in [4.69, 9.17) is 23.6 Å². The highest BCUT2D eigenvalue weighted by molar-refractivity contribution is 5.79. The summed E-state index contributed by atoms with van der Waals surface area (Å²) >= 11 is 0. The summed E-state index contributed by atoms with van der Waals surface area (Å²) in [6.45, 7) is 0. The van der Waals surface area contributed by atoms with Crippen LogP contribution in [0.2, 0.25) is 0 Å². The molecule has 10 heteroatoms.